The monoisotopic (exact) mass is 655 g/mol. The van der Waals surface area contributed by atoms with Gasteiger partial charge in [-0.3, -0.25) is 4.79 Å². The number of ether oxygens (including phenoxy) is 2. The van der Waals surface area contributed by atoms with Gasteiger partial charge in [0.25, 0.3) is 5.92 Å². The van der Waals surface area contributed by atoms with E-state index in [-0.39, 0.29) is 36.2 Å². The molecule has 11 heteroatoms. The minimum atomic E-state index is -4.55. The van der Waals surface area contributed by atoms with E-state index in [0.29, 0.717) is 29.7 Å². The average molecular weight is 656 g/mol. The smallest absolute Gasteiger partial charge is 0.298 e. The zero-order valence-corrected chi connectivity index (χ0v) is 26.8. The topological polar surface area (TPSA) is 111 Å². The number of hydrogen-bond acceptors (Lipinski definition) is 6. The molecule has 46 heavy (non-hydrogen) atoms. The van der Waals surface area contributed by atoms with Crippen LogP contribution in [0.4, 0.5) is 8.78 Å². The number of fused-ring (bicyclic) bond motifs is 1. The van der Waals surface area contributed by atoms with Gasteiger partial charge in [-0.2, -0.15) is 13.5 Å². The molecule has 1 amide bonds. The zero-order chi connectivity index (χ0) is 32.3. The largest absolute Gasteiger partial charge is 0.490 e. The molecule has 1 atom stereocenters. The number of piperidine rings is 1. The second-order valence-electron chi connectivity index (χ2n) is 12.9. The van der Waals surface area contributed by atoms with Gasteiger partial charge in [-0.05, 0) is 124 Å². The number of hydrogen-bond donors (Lipinski definition) is 2. The van der Waals surface area contributed by atoms with Gasteiger partial charge in [0.05, 0.1) is 17.1 Å². The predicted octanol–water partition coefficient (Wildman–Crippen LogP) is 6.26. The van der Waals surface area contributed by atoms with Gasteiger partial charge in [-0.25, -0.2) is 8.42 Å². The first kappa shape index (κ1) is 32.7. The van der Waals surface area contributed by atoms with Crippen molar-refractivity contribution < 1.29 is 31.5 Å². The lowest BCUT2D eigenvalue weighted by Crippen LogP contribution is -2.57. The fourth-order valence-electron chi connectivity index (χ4n) is 6.74. The number of amides is 1. The van der Waals surface area contributed by atoms with E-state index in [1.165, 1.54) is 41.3 Å². The number of nitrogens with zero attached hydrogens (tertiary/aromatic N) is 1. The quantitative estimate of drug-likeness (QED) is 0.267. The number of nitrogens with two attached hydrogens (primary N) is 1. The number of sulfonamides is 1. The Balaban J connectivity index is 1.25. The number of benzene rings is 3. The highest BCUT2D eigenvalue weighted by atomic mass is 32.2. The molecule has 3 aromatic carbocycles. The van der Waals surface area contributed by atoms with Crippen LogP contribution in [0.15, 0.2) is 65.6 Å². The van der Waals surface area contributed by atoms with Crippen LogP contribution in [0.2, 0.25) is 0 Å². The second-order valence-corrected chi connectivity index (χ2v) is 14.7. The van der Waals surface area contributed by atoms with Crippen molar-refractivity contribution in [3.05, 3.63) is 66.2 Å². The normalized spacial score (nSPS) is 19.8. The summed E-state index contributed by atoms with van der Waals surface area (Å²) in [6.45, 7) is 0.341. The van der Waals surface area contributed by atoms with Crippen molar-refractivity contribution in [1.82, 2.24) is 9.62 Å². The summed E-state index contributed by atoms with van der Waals surface area (Å²) in [4.78, 5) is 14.8. The van der Waals surface area contributed by atoms with E-state index in [1.807, 2.05) is 6.07 Å². The lowest BCUT2D eigenvalue weighted by atomic mass is 9.97. The number of likely N-dealkylation sites (tertiary alicyclic amines) is 1. The van der Waals surface area contributed by atoms with Crippen LogP contribution in [0.5, 0.6) is 11.5 Å². The Bertz CT molecular complexity index is 1610. The minimum absolute atomic E-state index is 0.0417. The van der Waals surface area contributed by atoms with Crippen LogP contribution < -0.4 is 19.9 Å². The number of rotatable bonds is 10. The van der Waals surface area contributed by atoms with Crippen LogP contribution in [0, 0.1) is 0 Å². The summed E-state index contributed by atoms with van der Waals surface area (Å²) in [6, 6.07) is 12.6. The van der Waals surface area contributed by atoms with E-state index in [1.54, 1.807) is 18.2 Å². The number of carbonyl (C=O) groups is 1. The molecule has 3 N–H and O–H groups in total. The van der Waals surface area contributed by atoms with Crippen LogP contribution in [-0.2, 0) is 20.7 Å². The van der Waals surface area contributed by atoms with Crippen LogP contribution >= 0.6 is 0 Å². The summed E-state index contributed by atoms with van der Waals surface area (Å²) in [5, 5.41) is 1.36. The number of halogens is 2. The summed E-state index contributed by atoms with van der Waals surface area (Å²) < 4.78 is 74.3. The van der Waals surface area contributed by atoms with Crippen LogP contribution in [0.25, 0.3) is 10.8 Å². The Hall–Kier alpha value is -3.28. The third-order valence-corrected chi connectivity index (χ3v) is 10.9. The van der Waals surface area contributed by atoms with Gasteiger partial charge < -0.3 is 20.1 Å². The van der Waals surface area contributed by atoms with Crippen LogP contribution in [-0.4, -0.2) is 56.6 Å². The minimum Gasteiger partial charge on any atom is -0.490 e. The fraction of sp³-hybridized carbons (Fsp3) is 0.514. The molecule has 1 heterocycles. The molecule has 0 unspecified atom stereocenters. The highest BCUT2D eigenvalue weighted by molar-refractivity contribution is 7.89. The highest BCUT2D eigenvalue weighted by Gasteiger charge is 2.50. The molecule has 2 saturated carbocycles. The molecule has 2 aliphatic carbocycles. The van der Waals surface area contributed by atoms with Gasteiger partial charge in [0.15, 0.2) is 6.04 Å². The molecule has 3 aromatic rings. The third-order valence-electron chi connectivity index (χ3n) is 9.53. The van der Waals surface area contributed by atoms with Crippen molar-refractivity contribution in [2.45, 2.75) is 106 Å². The van der Waals surface area contributed by atoms with Crippen molar-refractivity contribution in [1.29, 1.82) is 0 Å². The summed E-state index contributed by atoms with van der Waals surface area (Å²) in [5.74, 6) is -3.68. The van der Waals surface area contributed by atoms with Crippen molar-refractivity contribution >= 4 is 26.7 Å². The second kappa shape index (κ2) is 13.8. The van der Waals surface area contributed by atoms with Crippen molar-refractivity contribution in [2.75, 3.05) is 13.1 Å². The van der Waals surface area contributed by atoms with E-state index < -0.39 is 33.5 Å². The summed E-state index contributed by atoms with van der Waals surface area (Å²) >= 11 is 0. The van der Waals surface area contributed by atoms with Crippen LogP contribution in [0.3, 0.4) is 0 Å². The van der Waals surface area contributed by atoms with Gasteiger partial charge in [0.1, 0.15) is 11.5 Å². The van der Waals surface area contributed by atoms with Gasteiger partial charge >= 0.3 is 0 Å². The lowest BCUT2D eigenvalue weighted by Gasteiger charge is -2.35. The Morgan fingerprint density at radius 3 is 1.98 bits per heavy atom. The molecule has 0 radical (unpaired) electrons. The first-order valence-electron chi connectivity index (χ1n) is 16.5. The van der Waals surface area contributed by atoms with Crippen molar-refractivity contribution in [2.24, 2.45) is 5.73 Å². The summed E-state index contributed by atoms with van der Waals surface area (Å²) in [7, 11) is -4.55. The Labute approximate surface area is 269 Å². The molecule has 1 saturated heterocycles. The molecular formula is C35H43F2N3O5S. The van der Waals surface area contributed by atoms with Crippen LogP contribution in [0.1, 0.15) is 76.2 Å². The molecule has 0 spiro atoms. The molecule has 8 nitrogen and oxygen atoms in total. The van der Waals surface area contributed by atoms with E-state index in [0.717, 1.165) is 63.2 Å². The molecule has 3 aliphatic rings. The van der Waals surface area contributed by atoms with E-state index in [4.69, 9.17) is 15.2 Å². The van der Waals surface area contributed by atoms with E-state index >= 15 is 8.78 Å². The fourth-order valence-corrected chi connectivity index (χ4v) is 7.97. The number of alkyl halides is 2. The zero-order valence-electron chi connectivity index (χ0n) is 26.0. The molecule has 248 valence electrons. The van der Waals surface area contributed by atoms with E-state index in [9.17, 15) is 13.2 Å². The Morgan fingerprint density at radius 2 is 1.33 bits per heavy atom. The molecule has 6 rings (SSSR count). The first-order valence-corrected chi connectivity index (χ1v) is 18.0. The maximum atomic E-state index is 16.3. The standard InChI is InChI=1S/C35H43F2N3O5S/c36-35(37,26-12-15-30(16-13-26)44-28-6-2-1-3-7-28)33(34(41)40-20-18-27(38)19-21-40)39-46(42,43)32-17-11-24-22-31(14-10-25(24)23-32)45-29-8-4-5-9-29/h10-17,22-23,27-29,33,39H,1-9,18-21,38H2/t33-/m1/s1. The predicted molar refractivity (Wildman–Crippen MR) is 173 cm³/mol. The van der Waals surface area contributed by atoms with Crippen molar-refractivity contribution in [3.8, 4) is 11.5 Å². The Kier molecular flexibility index (Phi) is 9.82. The first-order chi connectivity index (χ1) is 22.1. The Morgan fingerprint density at radius 1 is 0.783 bits per heavy atom. The molecule has 3 fully saturated rings. The number of carbonyl (C=O) groups excluding carboxylic acids is 1. The van der Waals surface area contributed by atoms with Gasteiger partial charge in [-0.1, -0.05) is 18.6 Å². The summed E-state index contributed by atoms with van der Waals surface area (Å²) in [5.41, 5.74) is 5.51. The summed E-state index contributed by atoms with van der Waals surface area (Å²) in [6.07, 6.45) is 10.5. The molecule has 0 aromatic heterocycles. The SMILES string of the molecule is NC1CCN(C(=O)[C@@H](NS(=O)(=O)c2ccc3cc(OC4CCCC4)ccc3c2)C(F)(F)c2ccc(OC3CCCCC3)cc2)CC1. The van der Waals surface area contributed by atoms with Gasteiger partial charge in [-0.15, -0.1) is 0 Å². The molecular weight excluding hydrogens is 612 g/mol. The van der Waals surface area contributed by atoms with Gasteiger partial charge in [0.2, 0.25) is 15.9 Å². The maximum absolute atomic E-state index is 16.3. The average Bonchev–Trinajstić information content (AvgIpc) is 3.57. The van der Waals surface area contributed by atoms with E-state index in [2.05, 4.69) is 4.72 Å². The number of nitrogens with one attached hydrogen (secondary N) is 1. The van der Waals surface area contributed by atoms with Crippen molar-refractivity contribution in [3.63, 3.8) is 0 Å². The highest BCUT2D eigenvalue weighted by Crippen LogP contribution is 2.36. The third kappa shape index (κ3) is 7.47. The molecule has 1 aliphatic heterocycles. The van der Waals surface area contributed by atoms with Gasteiger partial charge in [0, 0.05) is 24.7 Å². The maximum Gasteiger partial charge on any atom is 0.298 e. The lowest BCUT2D eigenvalue weighted by molar-refractivity contribution is -0.145. The molecule has 0 bridgehead atoms.